The van der Waals surface area contributed by atoms with Crippen LogP contribution in [-0.4, -0.2) is 37.0 Å². The molecule has 2 N–H and O–H groups in total. The molecule has 3 heteroatoms. The highest BCUT2D eigenvalue weighted by Gasteiger charge is 2.24. The summed E-state index contributed by atoms with van der Waals surface area (Å²) in [5, 5.41) is 12.8. The fourth-order valence-electron chi connectivity index (χ4n) is 2.51. The average molecular weight is 241 g/mol. The van der Waals surface area contributed by atoms with Crippen LogP contribution in [-0.2, 0) is 4.74 Å². The predicted octanol–water partition coefficient (Wildman–Crippen LogP) is 2.11. The molecule has 1 aliphatic carbocycles. The lowest BCUT2D eigenvalue weighted by Crippen LogP contribution is -2.35. The van der Waals surface area contributed by atoms with Gasteiger partial charge < -0.3 is 15.2 Å². The second-order valence-corrected chi connectivity index (χ2v) is 4.93. The van der Waals surface area contributed by atoms with Crippen LogP contribution < -0.4 is 5.32 Å². The second kappa shape index (κ2) is 8.67. The molecule has 3 unspecified atom stereocenters. The zero-order chi connectivity index (χ0) is 12.5. The fraction of sp³-hybridized carbons (Fsp3) is 0.857. The highest BCUT2D eigenvalue weighted by atomic mass is 16.5. The Kier molecular flexibility index (Phi) is 7.49. The Labute approximate surface area is 105 Å². The third kappa shape index (κ3) is 5.66. The van der Waals surface area contributed by atoms with E-state index < -0.39 is 6.10 Å². The third-order valence-corrected chi connectivity index (χ3v) is 3.54. The van der Waals surface area contributed by atoms with Crippen molar-refractivity contribution in [1.29, 1.82) is 0 Å². The number of rotatable bonds is 8. The molecule has 3 nitrogen and oxygen atoms in total. The van der Waals surface area contributed by atoms with Crippen LogP contribution in [0.2, 0.25) is 0 Å². The molecule has 17 heavy (non-hydrogen) atoms. The minimum atomic E-state index is -0.408. The van der Waals surface area contributed by atoms with Gasteiger partial charge in [-0.15, -0.1) is 6.58 Å². The number of hydrogen-bond donors (Lipinski definition) is 2. The number of nitrogens with one attached hydrogen (secondary N) is 1. The Bertz CT molecular complexity index is 208. The first kappa shape index (κ1) is 14.7. The summed E-state index contributed by atoms with van der Waals surface area (Å²) in [6, 6.07) is 0. The summed E-state index contributed by atoms with van der Waals surface area (Å²) < 4.78 is 5.86. The zero-order valence-electron chi connectivity index (χ0n) is 11.0. The van der Waals surface area contributed by atoms with Crippen LogP contribution in [0.15, 0.2) is 12.7 Å². The van der Waals surface area contributed by atoms with Gasteiger partial charge in [-0.3, -0.25) is 0 Å². The maximum atomic E-state index is 9.74. The molecule has 0 aromatic heterocycles. The molecule has 0 bridgehead atoms. The molecule has 1 saturated carbocycles. The van der Waals surface area contributed by atoms with E-state index in [1.165, 1.54) is 25.7 Å². The molecule has 0 amide bonds. The van der Waals surface area contributed by atoms with Gasteiger partial charge in [-0.05, 0) is 18.8 Å². The van der Waals surface area contributed by atoms with E-state index in [9.17, 15) is 5.11 Å². The van der Waals surface area contributed by atoms with E-state index in [4.69, 9.17) is 4.74 Å². The van der Waals surface area contributed by atoms with Gasteiger partial charge in [0, 0.05) is 13.1 Å². The van der Waals surface area contributed by atoms with Crippen molar-refractivity contribution >= 4 is 0 Å². The monoisotopic (exact) mass is 241 g/mol. The first-order valence-corrected chi connectivity index (χ1v) is 6.89. The summed E-state index contributed by atoms with van der Waals surface area (Å²) in [5.41, 5.74) is 0. The van der Waals surface area contributed by atoms with Crippen LogP contribution in [0.25, 0.3) is 0 Å². The van der Waals surface area contributed by atoms with E-state index in [0.717, 1.165) is 13.0 Å². The number of aliphatic hydroxyl groups excluding tert-OH is 1. The second-order valence-electron chi connectivity index (χ2n) is 4.93. The molecule has 0 radical (unpaired) electrons. The topological polar surface area (TPSA) is 41.5 Å². The minimum absolute atomic E-state index is 0.364. The Balaban J connectivity index is 2.16. The summed E-state index contributed by atoms with van der Waals surface area (Å²) in [4.78, 5) is 0. The van der Waals surface area contributed by atoms with Crippen LogP contribution in [0.1, 0.15) is 39.0 Å². The summed E-state index contributed by atoms with van der Waals surface area (Å²) >= 11 is 0. The van der Waals surface area contributed by atoms with E-state index in [-0.39, 0.29) is 0 Å². The first-order valence-electron chi connectivity index (χ1n) is 6.89. The Morgan fingerprint density at radius 1 is 1.47 bits per heavy atom. The van der Waals surface area contributed by atoms with E-state index >= 15 is 0 Å². The van der Waals surface area contributed by atoms with Gasteiger partial charge >= 0.3 is 0 Å². The quantitative estimate of drug-likeness (QED) is 0.505. The van der Waals surface area contributed by atoms with Gasteiger partial charge in [-0.1, -0.05) is 32.3 Å². The van der Waals surface area contributed by atoms with Gasteiger partial charge in [0.15, 0.2) is 0 Å². The van der Waals surface area contributed by atoms with Crippen LogP contribution in [0.4, 0.5) is 0 Å². The molecule has 0 spiro atoms. The van der Waals surface area contributed by atoms with Crippen molar-refractivity contribution in [1.82, 2.24) is 5.32 Å². The van der Waals surface area contributed by atoms with E-state index in [2.05, 4.69) is 18.8 Å². The Morgan fingerprint density at radius 3 is 2.94 bits per heavy atom. The molecule has 100 valence electrons. The van der Waals surface area contributed by atoms with Crippen LogP contribution in [0.5, 0.6) is 0 Å². The highest BCUT2D eigenvalue weighted by molar-refractivity contribution is 4.76. The van der Waals surface area contributed by atoms with E-state index in [1.54, 1.807) is 6.08 Å². The van der Waals surface area contributed by atoms with Crippen molar-refractivity contribution < 1.29 is 9.84 Å². The number of aliphatic hydroxyl groups is 1. The average Bonchev–Trinajstić information content (AvgIpc) is 2.37. The van der Waals surface area contributed by atoms with Crippen LogP contribution in [0.3, 0.4) is 0 Å². The fourth-order valence-corrected chi connectivity index (χ4v) is 2.51. The molecule has 0 aliphatic heterocycles. The van der Waals surface area contributed by atoms with Crippen molar-refractivity contribution in [2.24, 2.45) is 5.92 Å². The third-order valence-electron chi connectivity index (χ3n) is 3.54. The lowest BCUT2D eigenvalue weighted by molar-refractivity contribution is -0.0497. The molecule has 0 aromatic rings. The van der Waals surface area contributed by atoms with Gasteiger partial charge in [0.05, 0.1) is 18.8 Å². The first-order chi connectivity index (χ1) is 8.27. The van der Waals surface area contributed by atoms with Crippen LogP contribution in [0, 0.1) is 5.92 Å². The largest absolute Gasteiger partial charge is 0.389 e. The van der Waals surface area contributed by atoms with Gasteiger partial charge in [-0.25, -0.2) is 0 Å². The smallest absolute Gasteiger partial charge is 0.0897 e. The summed E-state index contributed by atoms with van der Waals surface area (Å²) in [6.45, 7) is 7.62. The summed E-state index contributed by atoms with van der Waals surface area (Å²) in [5.74, 6) is 0.692. The minimum Gasteiger partial charge on any atom is -0.389 e. The molecule has 0 aromatic carbocycles. The van der Waals surface area contributed by atoms with Gasteiger partial charge in [-0.2, -0.15) is 0 Å². The lowest BCUT2D eigenvalue weighted by Gasteiger charge is -2.31. The molecule has 0 saturated heterocycles. The molecule has 3 atom stereocenters. The summed E-state index contributed by atoms with van der Waals surface area (Å²) in [6.07, 6.45) is 7.99. The molecular weight excluding hydrogens is 214 g/mol. The molecule has 1 aliphatic rings. The molecule has 1 fully saturated rings. The van der Waals surface area contributed by atoms with Gasteiger partial charge in [0.1, 0.15) is 0 Å². The maximum absolute atomic E-state index is 9.74. The SMILES string of the molecule is C=CCNCC(O)COC1CCCCC1CC. The maximum Gasteiger partial charge on any atom is 0.0897 e. The zero-order valence-corrected chi connectivity index (χ0v) is 11.0. The molecule has 1 rings (SSSR count). The van der Waals surface area contributed by atoms with Gasteiger partial charge in [0.25, 0.3) is 0 Å². The van der Waals surface area contributed by atoms with Crippen molar-refractivity contribution in [3.63, 3.8) is 0 Å². The van der Waals surface area contributed by atoms with Crippen molar-refractivity contribution in [3.8, 4) is 0 Å². The van der Waals surface area contributed by atoms with Crippen molar-refractivity contribution in [3.05, 3.63) is 12.7 Å². The standard InChI is InChI=1S/C14H27NO2/c1-3-9-15-10-13(16)11-17-14-8-6-5-7-12(14)4-2/h3,12-16H,1,4-11H2,2H3. The summed E-state index contributed by atoms with van der Waals surface area (Å²) in [7, 11) is 0. The van der Waals surface area contributed by atoms with E-state index in [0.29, 0.717) is 25.2 Å². The molecular formula is C14H27NO2. The highest BCUT2D eigenvalue weighted by Crippen LogP contribution is 2.29. The van der Waals surface area contributed by atoms with E-state index in [1.807, 2.05) is 0 Å². The lowest BCUT2D eigenvalue weighted by atomic mass is 9.85. The Hall–Kier alpha value is -0.380. The van der Waals surface area contributed by atoms with Gasteiger partial charge in [0.2, 0.25) is 0 Å². The molecule has 0 heterocycles. The van der Waals surface area contributed by atoms with Crippen LogP contribution >= 0.6 is 0 Å². The van der Waals surface area contributed by atoms with Crippen molar-refractivity contribution in [2.45, 2.75) is 51.2 Å². The Morgan fingerprint density at radius 2 is 2.24 bits per heavy atom. The van der Waals surface area contributed by atoms with Crippen molar-refractivity contribution in [2.75, 3.05) is 19.7 Å². The normalized spacial score (nSPS) is 26.7. The predicted molar refractivity (Wildman–Crippen MR) is 71.1 cm³/mol. The number of ether oxygens (including phenoxy) is 1. The number of hydrogen-bond acceptors (Lipinski definition) is 3.